The zero-order valence-corrected chi connectivity index (χ0v) is 17.1. The molecule has 3 N–H and O–H groups in total. The summed E-state index contributed by atoms with van der Waals surface area (Å²) in [5, 5.41) is 7.75. The fourth-order valence-corrected chi connectivity index (χ4v) is 4.70. The third-order valence-electron chi connectivity index (χ3n) is 4.14. The smallest absolute Gasteiger partial charge is 0.214 e. The van der Waals surface area contributed by atoms with Crippen LogP contribution in [0.25, 0.3) is 0 Å². The predicted molar refractivity (Wildman–Crippen MR) is 109 cm³/mol. The number of aromatic amines is 1. The first-order valence-corrected chi connectivity index (χ1v) is 10.7. The third-order valence-corrected chi connectivity index (χ3v) is 6.76. The van der Waals surface area contributed by atoms with Gasteiger partial charge in [0, 0.05) is 22.4 Å². The fraction of sp³-hybridized carbons (Fsp3) is 0.176. The number of nitrogens with two attached hydrogens (primary N) is 1. The second-order valence-corrected chi connectivity index (χ2v) is 9.30. The molecular weight excluding hydrogens is 427 g/mol. The van der Waals surface area contributed by atoms with Crippen LogP contribution in [-0.2, 0) is 16.3 Å². The van der Waals surface area contributed by atoms with Crippen LogP contribution in [0.3, 0.4) is 0 Å². The van der Waals surface area contributed by atoms with Crippen LogP contribution in [0.4, 0.5) is 0 Å². The van der Waals surface area contributed by atoms with E-state index < -0.39 is 15.8 Å². The number of aromatic nitrogens is 3. The van der Waals surface area contributed by atoms with E-state index in [1.54, 1.807) is 36.4 Å². The maximum atomic E-state index is 12.9. The number of rotatable bonds is 6. The van der Waals surface area contributed by atoms with Crippen molar-refractivity contribution in [3.05, 3.63) is 74.7 Å². The van der Waals surface area contributed by atoms with Gasteiger partial charge in [0.15, 0.2) is 15.7 Å². The van der Waals surface area contributed by atoms with Crippen LogP contribution >= 0.6 is 35.4 Å². The van der Waals surface area contributed by atoms with Crippen LogP contribution in [-0.4, -0.2) is 29.0 Å². The molecule has 1 atom stereocenters. The average Bonchev–Trinajstić information content (AvgIpc) is 2.94. The number of nitrogen functional groups attached to an aromatic ring is 1. The molecule has 0 aliphatic carbocycles. The molecule has 142 valence electrons. The lowest BCUT2D eigenvalue weighted by Crippen LogP contribution is -2.21. The summed E-state index contributed by atoms with van der Waals surface area (Å²) in [5.74, 6) is 5.82. The quantitative estimate of drug-likeness (QED) is 0.447. The van der Waals surface area contributed by atoms with Gasteiger partial charge < -0.3 is 5.84 Å². The molecule has 0 amide bonds. The van der Waals surface area contributed by atoms with Crippen molar-refractivity contribution in [1.82, 2.24) is 14.9 Å². The van der Waals surface area contributed by atoms with Crippen molar-refractivity contribution in [3.8, 4) is 0 Å². The van der Waals surface area contributed by atoms with E-state index in [4.69, 9.17) is 41.3 Å². The Bertz CT molecular complexity index is 1090. The Morgan fingerprint density at radius 3 is 2.15 bits per heavy atom. The van der Waals surface area contributed by atoms with E-state index in [1.807, 2.05) is 0 Å². The Hall–Kier alpha value is -1.87. The summed E-state index contributed by atoms with van der Waals surface area (Å²) in [6, 6.07) is 13.1. The number of hydrogen-bond acceptors (Lipinski definition) is 5. The van der Waals surface area contributed by atoms with Crippen LogP contribution in [0.15, 0.2) is 53.4 Å². The SMILES string of the molecule is Nn1c(CC(CS(=O)(=O)c2ccc(Cl)cc2)c2ccc(Cl)cc2)n[nH]c1=S. The summed E-state index contributed by atoms with van der Waals surface area (Å²) >= 11 is 16.9. The lowest BCUT2D eigenvalue weighted by Gasteiger charge is -2.17. The Morgan fingerprint density at radius 1 is 1.07 bits per heavy atom. The largest absolute Gasteiger partial charge is 0.335 e. The van der Waals surface area contributed by atoms with E-state index in [0.717, 1.165) is 5.56 Å². The number of H-pyrrole nitrogens is 1. The van der Waals surface area contributed by atoms with E-state index in [9.17, 15) is 8.42 Å². The lowest BCUT2D eigenvalue weighted by molar-refractivity contribution is 0.583. The standard InChI is InChI=1S/C17H16Cl2N4O2S2/c18-13-3-1-11(2-4-13)12(9-16-21-22-17(26)23(16)20)10-27(24,25)15-7-5-14(19)6-8-15/h1-8,12H,9-10,20H2,(H,22,26). The van der Waals surface area contributed by atoms with Gasteiger partial charge in [0.2, 0.25) is 4.77 Å². The highest BCUT2D eigenvalue weighted by Gasteiger charge is 2.25. The van der Waals surface area contributed by atoms with Gasteiger partial charge in [0.25, 0.3) is 0 Å². The molecule has 27 heavy (non-hydrogen) atoms. The van der Waals surface area contributed by atoms with Crippen molar-refractivity contribution in [2.24, 2.45) is 0 Å². The molecular formula is C17H16Cl2N4O2S2. The molecule has 1 unspecified atom stereocenters. The zero-order chi connectivity index (χ0) is 19.6. The van der Waals surface area contributed by atoms with Gasteiger partial charge in [-0.25, -0.2) is 13.1 Å². The van der Waals surface area contributed by atoms with Crippen molar-refractivity contribution in [1.29, 1.82) is 0 Å². The first kappa shape index (κ1) is 19.9. The van der Waals surface area contributed by atoms with Gasteiger partial charge in [-0.1, -0.05) is 35.3 Å². The van der Waals surface area contributed by atoms with Gasteiger partial charge in [-0.2, -0.15) is 5.10 Å². The molecule has 0 saturated carbocycles. The second kappa shape index (κ2) is 8.02. The van der Waals surface area contributed by atoms with Gasteiger partial charge in [-0.05, 0) is 54.2 Å². The number of hydrogen-bond donors (Lipinski definition) is 2. The minimum atomic E-state index is -3.57. The van der Waals surface area contributed by atoms with E-state index in [2.05, 4.69) is 10.2 Å². The zero-order valence-electron chi connectivity index (χ0n) is 14.0. The summed E-state index contributed by atoms with van der Waals surface area (Å²) in [5.41, 5.74) is 0.811. The number of halogens is 2. The van der Waals surface area contributed by atoms with E-state index in [-0.39, 0.29) is 21.8 Å². The van der Waals surface area contributed by atoms with Crippen LogP contribution in [0.5, 0.6) is 0 Å². The van der Waals surface area contributed by atoms with Crippen molar-refractivity contribution < 1.29 is 8.42 Å². The molecule has 0 aliphatic rings. The van der Waals surface area contributed by atoms with E-state index in [1.165, 1.54) is 16.8 Å². The van der Waals surface area contributed by atoms with Gasteiger partial charge >= 0.3 is 0 Å². The molecule has 10 heteroatoms. The monoisotopic (exact) mass is 442 g/mol. The summed E-state index contributed by atoms with van der Waals surface area (Å²) < 4.78 is 27.3. The van der Waals surface area contributed by atoms with Gasteiger partial charge in [0.05, 0.1) is 10.6 Å². The van der Waals surface area contributed by atoms with Crippen molar-refractivity contribution in [3.63, 3.8) is 0 Å². The van der Waals surface area contributed by atoms with Crippen LogP contribution < -0.4 is 5.84 Å². The maximum absolute atomic E-state index is 12.9. The molecule has 3 aromatic rings. The molecule has 0 aliphatic heterocycles. The number of sulfone groups is 1. The topological polar surface area (TPSA) is 93.8 Å². The highest BCUT2D eigenvalue weighted by molar-refractivity contribution is 7.91. The first-order valence-electron chi connectivity index (χ1n) is 7.91. The Morgan fingerprint density at radius 2 is 1.63 bits per heavy atom. The number of nitrogens with zero attached hydrogens (tertiary/aromatic N) is 2. The van der Waals surface area contributed by atoms with E-state index in [0.29, 0.717) is 15.9 Å². The lowest BCUT2D eigenvalue weighted by atomic mass is 9.97. The summed E-state index contributed by atoms with van der Waals surface area (Å²) in [6.45, 7) is 0. The van der Waals surface area contributed by atoms with Crippen molar-refractivity contribution in [2.75, 3.05) is 11.6 Å². The third kappa shape index (κ3) is 4.70. The molecule has 1 heterocycles. The van der Waals surface area contributed by atoms with Gasteiger partial charge in [-0.3, -0.25) is 5.10 Å². The van der Waals surface area contributed by atoms with Crippen LogP contribution in [0.2, 0.25) is 10.0 Å². The number of benzene rings is 2. The highest BCUT2D eigenvalue weighted by atomic mass is 35.5. The Labute approximate surface area is 171 Å². The summed E-state index contributed by atoms with van der Waals surface area (Å²) in [6.07, 6.45) is 0.290. The highest BCUT2D eigenvalue weighted by Crippen LogP contribution is 2.27. The van der Waals surface area contributed by atoms with Crippen molar-refractivity contribution in [2.45, 2.75) is 17.2 Å². The molecule has 2 aromatic carbocycles. The second-order valence-electron chi connectivity index (χ2n) is 6.00. The average molecular weight is 443 g/mol. The molecule has 0 saturated heterocycles. The van der Waals surface area contributed by atoms with Gasteiger partial charge in [0.1, 0.15) is 0 Å². The summed E-state index contributed by atoms with van der Waals surface area (Å²) in [7, 11) is -3.57. The predicted octanol–water partition coefficient (Wildman–Crippen LogP) is 3.76. The minimum absolute atomic E-state index is 0.129. The minimum Gasteiger partial charge on any atom is -0.335 e. The van der Waals surface area contributed by atoms with Gasteiger partial charge in [-0.15, -0.1) is 0 Å². The van der Waals surface area contributed by atoms with Crippen LogP contribution in [0, 0.1) is 4.77 Å². The molecule has 0 radical (unpaired) electrons. The Balaban J connectivity index is 1.96. The molecule has 0 bridgehead atoms. The maximum Gasteiger partial charge on any atom is 0.214 e. The Kier molecular flexibility index (Phi) is 5.90. The number of nitrogens with one attached hydrogen (secondary N) is 1. The molecule has 6 nitrogen and oxygen atoms in total. The molecule has 0 fully saturated rings. The molecule has 1 aromatic heterocycles. The normalized spacial score (nSPS) is 12.8. The molecule has 3 rings (SSSR count). The summed E-state index contributed by atoms with van der Waals surface area (Å²) in [4.78, 5) is 0.206. The van der Waals surface area contributed by atoms with E-state index >= 15 is 0 Å². The fourth-order valence-electron chi connectivity index (χ4n) is 2.71. The van der Waals surface area contributed by atoms with Crippen LogP contribution in [0.1, 0.15) is 17.3 Å². The van der Waals surface area contributed by atoms with Crippen molar-refractivity contribution >= 4 is 45.3 Å². The molecule has 0 spiro atoms. The first-order chi connectivity index (χ1) is 12.8.